The first-order valence-electron chi connectivity index (χ1n) is 6.85. The predicted octanol–water partition coefficient (Wildman–Crippen LogP) is 3.54. The third kappa shape index (κ3) is 3.89. The lowest BCUT2D eigenvalue weighted by Gasteiger charge is -2.07. The minimum atomic E-state index is -0.270. The summed E-state index contributed by atoms with van der Waals surface area (Å²) in [4.78, 5) is 0. The molecule has 1 aromatic heterocycles. The second-order valence-corrected chi connectivity index (χ2v) is 5.09. The highest BCUT2D eigenvalue weighted by atomic mass is 32.1. The van der Waals surface area contributed by atoms with E-state index in [1.165, 1.54) is 17.1 Å². The number of hydrogen-bond donors (Lipinski definition) is 1. The minimum Gasteiger partial charge on any atom is -0.489 e. The second kappa shape index (κ2) is 6.97. The second-order valence-electron chi connectivity index (χ2n) is 4.70. The molecule has 1 N–H and O–H groups in total. The molecule has 7 heteroatoms. The van der Waals surface area contributed by atoms with Crippen molar-refractivity contribution >= 4 is 18.4 Å². The van der Waals surface area contributed by atoms with Crippen molar-refractivity contribution in [2.24, 2.45) is 5.10 Å². The van der Waals surface area contributed by atoms with Gasteiger partial charge in [0.15, 0.2) is 0 Å². The van der Waals surface area contributed by atoms with Crippen LogP contribution < -0.4 is 4.74 Å². The lowest BCUT2D eigenvalue weighted by atomic mass is 10.2. The Balaban J connectivity index is 1.63. The molecule has 0 unspecified atom stereocenters. The molecular formula is C16H13FN4OS. The number of hydrogen-bond acceptors (Lipinski definition) is 4. The van der Waals surface area contributed by atoms with E-state index >= 15 is 0 Å². The molecule has 0 aliphatic heterocycles. The fraction of sp³-hybridized carbons (Fsp3) is 0.0625. The van der Waals surface area contributed by atoms with Gasteiger partial charge in [0.1, 0.15) is 24.5 Å². The first kappa shape index (κ1) is 15.1. The first-order chi connectivity index (χ1) is 11.2. The van der Waals surface area contributed by atoms with Crippen molar-refractivity contribution in [1.82, 2.24) is 14.9 Å². The van der Waals surface area contributed by atoms with Crippen LogP contribution in [0.4, 0.5) is 4.39 Å². The van der Waals surface area contributed by atoms with Gasteiger partial charge in [0, 0.05) is 5.56 Å². The smallest absolute Gasteiger partial charge is 0.216 e. The average Bonchev–Trinajstić information content (AvgIpc) is 2.98. The van der Waals surface area contributed by atoms with E-state index in [4.69, 9.17) is 17.0 Å². The molecule has 3 aromatic rings. The maximum absolute atomic E-state index is 13.5. The van der Waals surface area contributed by atoms with Crippen molar-refractivity contribution in [3.63, 3.8) is 0 Å². The Morgan fingerprint density at radius 1 is 1.22 bits per heavy atom. The molecular weight excluding hydrogens is 315 g/mol. The van der Waals surface area contributed by atoms with E-state index in [-0.39, 0.29) is 12.4 Å². The van der Waals surface area contributed by atoms with Gasteiger partial charge in [-0.1, -0.05) is 18.2 Å². The van der Waals surface area contributed by atoms with Crippen molar-refractivity contribution < 1.29 is 9.13 Å². The average molecular weight is 328 g/mol. The van der Waals surface area contributed by atoms with E-state index in [0.29, 0.717) is 16.1 Å². The number of halogens is 1. The highest BCUT2D eigenvalue weighted by Gasteiger charge is 2.01. The van der Waals surface area contributed by atoms with Crippen LogP contribution in [0.15, 0.2) is 60.0 Å². The van der Waals surface area contributed by atoms with E-state index in [1.807, 2.05) is 12.1 Å². The van der Waals surface area contributed by atoms with Gasteiger partial charge in [-0.05, 0) is 48.1 Å². The van der Waals surface area contributed by atoms with E-state index < -0.39 is 0 Å². The number of aromatic amines is 1. The number of nitrogens with zero attached hydrogens (tertiary/aromatic N) is 3. The molecule has 1 heterocycles. The topological polar surface area (TPSA) is 55.2 Å². The molecule has 3 rings (SSSR count). The molecule has 0 saturated heterocycles. The third-order valence-electron chi connectivity index (χ3n) is 3.10. The summed E-state index contributed by atoms with van der Waals surface area (Å²) in [6.45, 7) is 0.185. The van der Waals surface area contributed by atoms with Crippen LogP contribution in [0, 0.1) is 10.6 Å². The molecule has 23 heavy (non-hydrogen) atoms. The Labute approximate surface area is 137 Å². The van der Waals surface area contributed by atoms with Crippen LogP contribution in [0.1, 0.15) is 11.1 Å². The molecule has 0 aliphatic rings. The monoisotopic (exact) mass is 328 g/mol. The highest BCUT2D eigenvalue weighted by molar-refractivity contribution is 7.71. The fourth-order valence-corrected chi connectivity index (χ4v) is 2.03. The largest absolute Gasteiger partial charge is 0.489 e. The van der Waals surface area contributed by atoms with Gasteiger partial charge in [0.2, 0.25) is 4.77 Å². The summed E-state index contributed by atoms with van der Waals surface area (Å²) in [5.74, 6) is 0.387. The Morgan fingerprint density at radius 2 is 2.00 bits per heavy atom. The number of rotatable bonds is 5. The van der Waals surface area contributed by atoms with Gasteiger partial charge < -0.3 is 4.74 Å². The van der Waals surface area contributed by atoms with Gasteiger partial charge in [-0.25, -0.2) is 4.39 Å². The summed E-state index contributed by atoms with van der Waals surface area (Å²) in [5.41, 5.74) is 1.40. The number of ether oxygens (including phenoxy) is 1. The molecule has 0 spiro atoms. The fourth-order valence-electron chi connectivity index (χ4n) is 1.88. The number of benzene rings is 2. The number of H-pyrrole nitrogens is 1. The summed E-state index contributed by atoms with van der Waals surface area (Å²) in [6, 6.07) is 13.9. The van der Waals surface area contributed by atoms with E-state index in [9.17, 15) is 4.39 Å². The Kier molecular flexibility index (Phi) is 4.58. The van der Waals surface area contributed by atoms with Crippen LogP contribution in [0.25, 0.3) is 0 Å². The lowest BCUT2D eigenvalue weighted by molar-refractivity contribution is 0.300. The third-order valence-corrected chi connectivity index (χ3v) is 3.38. The molecule has 0 atom stereocenters. The molecule has 5 nitrogen and oxygen atoms in total. The molecule has 116 valence electrons. The standard InChI is InChI=1S/C16H13FN4OS/c17-15-4-2-1-3-13(15)10-22-14-7-5-12(6-8-14)9-19-21-11-18-20-16(21)23/h1-9,11H,10H2,(H,20,23)/b19-9+. The van der Waals surface area contributed by atoms with Crippen molar-refractivity contribution in [1.29, 1.82) is 0 Å². The summed E-state index contributed by atoms with van der Waals surface area (Å²) in [5, 5.41) is 10.6. The van der Waals surface area contributed by atoms with Gasteiger partial charge >= 0.3 is 0 Å². The van der Waals surface area contributed by atoms with Gasteiger partial charge in [-0.2, -0.15) is 14.9 Å². The molecule has 2 aromatic carbocycles. The van der Waals surface area contributed by atoms with E-state index in [2.05, 4.69) is 15.3 Å². The summed E-state index contributed by atoms with van der Waals surface area (Å²) in [7, 11) is 0. The van der Waals surface area contributed by atoms with Crippen molar-refractivity contribution in [3.05, 3.63) is 76.6 Å². The van der Waals surface area contributed by atoms with E-state index in [1.54, 1.807) is 36.5 Å². The summed E-state index contributed by atoms with van der Waals surface area (Å²) < 4.78 is 21.0. The van der Waals surface area contributed by atoms with Crippen LogP contribution in [0.5, 0.6) is 5.75 Å². The molecule has 0 radical (unpaired) electrons. The van der Waals surface area contributed by atoms with Crippen LogP contribution in [0.3, 0.4) is 0 Å². The number of nitrogens with one attached hydrogen (secondary N) is 1. The van der Waals surface area contributed by atoms with Crippen LogP contribution in [-0.2, 0) is 6.61 Å². The zero-order chi connectivity index (χ0) is 16.1. The Hall–Kier alpha value is -2.80. The summed E-state index contributed by atoms with van der Waals surface area (Å²) >= 11 is 4.99. The first-order valence-corrected chi connectivity index (χ1v) is 7.26. The zero-order valence-electron chi connectivity index (χ0n) is 12.0. The van der Waals surface area contributed by atoms with Crippen LogP contribution in [-0.4, -0.2) is 21.1 Å². The highest BCUT2D eigenvalue weighted by Crippen LogP contribution is 2.15. The molecule has 0 saturated carbocycles. The normalized spacial score (nSPS) is 11.0. The van der Waals surface area contributed by atoms with Crippen molar-refractivity contribution in [2.45, 2.75) is 6.61 Å². The van der Waals surface area contributed by atoms with Crippen molar-refractivity contribution in [2.75, 3.05) is 0 Å². The van der Waals surface area contributed by atoms with Gasteiger partial charge in [0.05, 0.1) is 6.21 Å². The SMILES string of the molecule is Fc1ccccc1COc1ccc(/C=N/n2cn[nH]c2=S)cc1. The Bertz CT molecular complexity index is 870. The molecule has 0 bridgehead atoms. The predicted molar refractivity (Wildman–Crippen MR) is 87.6 cm³/mol. The molecule has 0 amide bonds. The molecule has 0 fully saturated rings. The maximum Gasteiger partial charge on any atom is 0.216 e. The van der Waals surface area contributed by atoms with Crippen molar-refractivity contribution in [3.8, 4) is 5.75 Å². The van der Waals surface area contributed by atoms with Crippen LogP contribution in [0.2, 0.25) is 0 Å². The minimum absolute atomic E-state index is 0.185. The van der Waals surface area contributed by atoms with Gasteiger partial charge in [0.25, 0.3) is 0 Å². The quantitative estimate of drug-likeness (QED) is 0.576. The van der Waals surface area contributed by atoms with Gasteiger partial charge in [-0.3, -0.25) is 5.10 Å². The number of aromatic nitrogens is 3. The van der Waals surface area contributed by atoms with E-state index in [0.717, 1.165) is 5.56 Å². The Morgan fingerprint density at radius 3 is 2.70 bits per heavy atom. The van der Waals surface area contributed by atoms with Crippen LogP contribution >= 0.6 is 12.2 Å². The maximum atomic E-state index is 13.5. The van der Waals surface area contributed by atoms with Gasteiger partial charge in [-0.15, -0.1) is 0 Å². The zero-order valence-corrected chi connectivity index (χ0v) is 12.8. The lowest BCUT2D eigenvalue weighted by Crippen LogP contribution is -1.98. The summed E-state index contributed by atoms with van der Waals surface area (Å²) in [6.07, 6.45) is 3.15. The molecule has 0 aliphatic carbocycles.